The third kappa shape index (κ3) is 4.66. The van der Waals surface area contributed by atoms with Gasteiger partial charge in [0.2, 0.25) is 0 Å². The molecule has 2 fully saturated rings. The highest BCUT2D eigenvalue weighted by molar-refractivity contribution is 7.10. The Hall–Kier alpha value is -1.25. The summed E-state index contributed by atoms with van der Waals surface area (Å²) in [6.45, 7) is 7.42. The van der Waals surface area contributed by atoms with Gasteiger partial charge in [0.1, 0.15) is 6.10 Å². The first-order chi connectivity index (χ1) is 13.5. The van der Waals surface area contributed by atoms with Gasteiger partial charge < -0.3 is 15.0 Å². The van der Waals surface area contributed by atoms with Crippen LogP contribution in [0, 0.1) is 6.92 Å². The fraction of sp³-hybridized carbons (Fsp3) is 0.571. The third-order valence-electron chi connectivity index (χ3n) is 5.84. The lowest BCUT2D eigenvalue weighted by Crippen LogP contribution is -2.61. The SMILES string of the molecule is Cc1ccsc1CN1CCC2(CC1)CN(C)C[C@H](C(=O)NCc1cccs1)O2. The van der Waals surface area contributed by atoms with Crippen molar-refractivity contribution < 1.29 is 9.53 Å². The Kier molecular flexibility index (Phi) is 6.18. The molecule has 2 aliphatic rings. The summed E-state index contributed by atoms with van der Waals surface area (Å²) in [5.74, 6) is 0.0102. The molecule has 2 saturated heterocycles. The van der Waals surface area contributed by atoms with E-state index < -0.39 is 0 Å². The summed E-state index contributed by atoms with van der Waals surface area (Å²) in [6.07, 6.45) is 1.58. The Bertz CT molecular complexity index is 781. The van der Waals surface area contributed by atoms with Crippen molar-refractivity contribution in [2.45, 2.75) is 44.6 Å². The van der Waals surface area contributed by atoms with E-state index in [0.29, 0.717) is 13.1 Å². The molecular formula is C21H29N3O2S2. The van der Waals surface area contributed by atoms with E-state index in [1.807, 2.05) is 28.8 Å². The number of piperidine rings is 1. The summed E-state index contributed by atoms with van der Waals surface area (Å²) < 4.78 is 6.45. The van der Waals surface area contributed by atoms with E-state index in [1.54, 1.807) is 11.3 Å². The number of rotatable bonds is 5. The summed E-state index contributed by atoms with van der Waals surface area (Å²) in [5, 5.41) is 7.26. The first-order valence-electron chi connectivity index (χ1n) is 9.95. The van der Waals surface area contributed by atoms with Gasteiger partial charge in [0.15, 0.2) is 0 Å². The number of carbonyl (C=O) groups excluding carboxylic acids is 1. The van der Waals surface area contributed by atoms with Crippen molar-refractivity contribution in [1.82, 2.24) is 15.1 Å². The molecule has 2 aromatic heterocycles. The van der Waals surface area contributed by atoms with Crippen molar-refractivity contribution in [2.24, 2.45) is 0 Å². The first-order valence-corrected chi connectivity index (χ1v) is 11.7. The van der Waals surface area contributed by atoms with Crippen LogP contribution in [0.25, 0.3) is 0 Å². The van der Waals surface area contributed by atoms with Gasteiger partial charge in [-0.3, -0.25) is 9.69 Å². The summed E-state index contributed by atoms with van der Waals surface area (Å²) >= 11 is 3.51. The van der Waals surface area contributed by atoms with E-state index in [1.165, 1.54) is 15.3 Å². The normalized spacial score (nSPS) is 23.1. The van der Waals surface area contributed by atoms with Gasteiger partial charge in [-0.1, -0.05) is 6.07 Å². The minimum absolute atomic E-state index is 0.0102. The van der Waals surface area contributed by atoms with E-state index in [0.717, 1.165) is 39.0 Å². The highest BCUT2D eigenvalue weighted by atomic mass is 32.1. The molecule has 1 atom stereocenters. The standard InChI is InChI=1S/C21H29N3O2S2/c1-16-5-11-28-19(16)14-24-8-6-21(7-9-24)15-23(2)13-18(26-21)20(25)22-12-17-4-3-10-27-17/h3-5,10-11,18H,6-9,12-15H2,1-2H3,(H,22,25)/t18-/m1/s1. The lowest BCUT2D eigenvalue weighted by molar-refractivity contribution is -0.182. The van der Waals surface area contributed by atoms with Gasteiger partial charge >= 0.3 is 0 Å². The second kappa shape index (κ2) is 8.63. The lowest BCUT2D eigenvalue weighted by atomic mass is 9.88. The monoisotopic (exact) mass is 419 g/mol. The number of carbonyl (C=O) groups is 1. The molecule has 0 radical (unpaired) electrons. The molecule has 5 nitrogen and oxygen atoms in total. The zero-order chi connectivity index (χ0) is 19.6. The van der Waals surface area contributed by atoms with Gasteiger partial charge in [-0.25, -0.2) is 0 Å². The van der Waals surface area contributed by atoms with Gasteiger partial charge in [0, 0.05) is 42.5 Å². The van der Waals surface area contributed by atoms with Crippen molar-refractivity contribution in [2.75, 3.05) is 33.2 Å². The molecule has 0 aliphatic carbocycles. The van der Waals surface area contributed by atoms with Crippen LogP contribution in [0.5, 0.6) is 0 Å². The predicted molar refractivity (Wildman–Crippen MR) is 115 cm³/mol. The second-order valence-corrected chi connectivity index (χ2v) is 10.1. The molecule has 4 rings (SSSR count). The molecular weight excluding hydrogens is 390 g/mol. The average molecular weight is 420 g/mol. The molecule has 28 heavy (non-hydrogen) atoms. The Balaban J connectivity index is 1.32. The summed E-state index contributed by atoms with van der Waals surface area (Å²) in [5.41, 5.74) is 1.19. The maximum atomic E-state index is 12.7. The number of hydrogen-bond acceptors (Lipinski definition) is 6. The maximum Gasteiger partial charge on any atom is 0.250 e. The summed E-state index contributed by atoms with van der Waals surface area (Å²) in [6, 6.07) is 6.26. The second-order valence-electron chi connectivity index (χ2n) is 8.09. The lowest BCUT2D eigenvalue weighted by Gasteiger charge is -2.48. The number of thiophene rings is 2. The third-order valence-corrected chi connectivity index (χ3v) is 7.72. The van der Waals surface area contributed by atoms with Crippen LogP contribution in [-0.4, -0.2) is 60.6 Å². The molecule has 0 aromatic carbocycles. The maximum absolute atomic E-state index is 12.7. The minimum atomic E-state index is -0.384. The number of nitrogens with zero attached hydrogens (tertiary/aromatic N) is 2. The number of ether oxygens (including phenoxy) is 1. The highest BCUT2D eigenvalue weighted by Crippen LogP contribution is 2.33. The number of hydrogen-bond donors (Lipinski definition) is 1. The quantitative estimate of drug-likeness (QED) is 0.809. The van der Waals surface area contributed by atoms with E-state index in [4.69, 9.17) is 4.74 Å². The van der Waals surface area contributed by atoms with Gasteiger partial charge in [-0.2, -0.15) is 0 Å². The van der Waals surface area contributed by atoms with Gasteiger partial charge in [0.05, 0.1) is 12.1 Å². The Morgan fingerprint density at radius 2 is 2.11 bits per heavy atom. The number of aryl methyl sites for hydroxylation is 1. The summed E-state index contributed by atoms with van der Waals surface area (Å²) in [7, 11) is 2.10. The van der Waals surface area contributed by atoms with E-state index in [2.05, 4.69) is 40.5 Å². The number of morpholine rings is 1. The Morgan fingerprint density at radius 1 is 1.29 bits per heavy atom. The molecule has 1 N–H and O–H groups in total. The van der Waals surface area contributed by atoms with Crippen molar-refractivity contribution in [1.29, 1.82) is 0 Å². The van der Waals surface area contributed by atoms with Gasteiger partial charge in [-0.15, -0.1) is 22.7 Å². The first kappa shape index (κ1) is 20.0. The smallest absolute Gasteiger partial charge is 0.250 e. The number of likely N-dealkylation sites (tertiary alicyclic amines) is 1. The van der Waals surface area contributed by atoms with Crippen molar-refractivity contribution in [3.8, 4) is 0 Å². The topological polar surface area (TPSA) is 44.8 Å². The molecule has 152 valence electrons. The van der Waals surface area contributed by atoms with Crippen LogP contribution < -0.4 is 5.32 Å². The van der Waals surface area contributed by atoms with Crippen LogP contribution in [0.15, 0.2) is 29.0 Å². The van der Waals surface area contributed by atoms with E-state index in [-0.39, 0.29) is 17.6 Å². The molecule has 7 heteroatoms. The minimum Gasteiger partial charge on any atom is -0.359 e. The highest BCUT2D eigenvalue weighted by Gasteiger charge is 2.44. The Labute approximate surface area is 175 Å². The molecule has 4 heterocycles. The molecule has 0 bridgehead atoms. The van der Waals surface area contributed by atoms with Crippen LogP contribution in [-0.2, 0) is 22.6 Å². The van der Waals surface area contributed by atoms with E-state index in [9.17, 15) is 4.79 Å². The van der Waals surface area contributed by atoms with Gasteiger partial charge in [-0.05, 0) is 55.3 Å². The molecule has 2 aliphatic heterocycles. The predicted octanol–water partition coefficient (Wildman–Crippen LogP) is 3.10. The Morgan fingerprint density at radius 3 is 2.79 bits per heavy atom. The number of likely N-dealkylation sites (N-methyl/N-ethyl adjacent to an activating group) is 1. The zero-order valence-corrected chi connectivity index (χ0v) is 18.3. The molecule has 1 amide bonds. The number of nitrogens with one attached hydrogen (secondary N) is 1. The fourth-order valence-corrected chi connectivity index (χ4v) is 5.81. The van der Waals surface area contributed by atoms with Crippen LogP contribution in [0.2, 0.25) is 0 Å². The van der Waals surface area contributed by atoms with Crippen LogP contribution in [0.3, 0.4) is 0 Å². The largest absolute Gasteiger partial charge is 0.359 e. The summed E-state index contributed by atoms with van der Waals surface area (Å²) in [4.78, 5) is 20.1. The van der Waals surface area contributed by atoms with E-state index >= 15 is 0 Å². The fourth-order valence-electron chi connectivity index (χ4n) is 4.22. The average Bonchev–Trinajstić information content (AvgIpc) is 3.33. The molecule has 0 unspecified atom stereocenters. The molecule has 0 saturated carbocycles. The van der Waals surface area contributed by atoms with Crippen molar-refractivity contribution in [3.05, 3.63) is 44.3 Å². The number of amides is 1. The van der Waals surface area contributed by atoms with Crippen LogP contribution >= 0.6 is 22.7 Å². The van der Waals surface area contributed by atoms with Crippen LogP contribution in [0.1, 0.15) is 28.2 Å². The van der Waals surface area contributed by atoms with Crippen LogP contribution in [0.4, 0.5) is 0 Å². The van der Waals surface area contributed by atoms with Gasteiger partial charge in [0.25, 0.3) is 5.91 Å². The molecule has 1 spiro atoms. The molecule has 2 aromatic rings. The zero-order valence-electron chi connectivity index (χ0n) is 16.6. The van der Waals surface area contributed by atoms with Crippen molar-refractivity contribution in [3.63, 3.8) is 0 Å². The van der Waals surface area contributed by atoms with Crippen molar-refractivity contribution >= 4 is 28.6 Å².